The summed E-state index contributed by atoms with van der Waals surface area (Å²) in [6.07, 6.45) is 4.88. The van der Waals surface area contributed by atoms with E-state index in [9.17, 15) is 4.79 Å². The first-order chi connectivity index (χ1) is 7.58. The Bertz CT molecular complexity index is 441. The number of aromatic amines is 1. The van der Waals surface area contributed by atoms with Gasteiger partial charge >= 0.3 is 0 Å². The predicted octanol–water partition coefficient (Wildman–Crippen LogP) is 2.98. The Morgan fingerprint density at radius 3 is 2.81 bits per heavy atom. The van der Waals surface area contributed by atoms with E-state index in [0.29, 0.717) is 9.49 Å². The highest BCUT2D eigenvalue weighted by Crippen LogP contribution is 2.34. The number of nitrogens with zero attached hydrogens (tertiary/aromatic N) is 1. The Hall–Kier alpha value is -0.390. The number of rotatable bonds is 1. The fraction of sp³-hybridized carbons (Fsp3) is 0.667. The molecule has 2 unspecified atom stereocenters. The van der Waals surface area contributed by atoms with Gasteiger partial charge in [-0.3, -0.25) is 4.79 Å². The Morgan fingerprint density at radius 2 is 2.19 bits per heavy atom. The van der Waals surface area contributed by atoms with Crippen molar-refractivity contribution < 1.29 is 0 Å². The molecule has 0 aromatic carbocycles. The van der Waals surface area contributed by atoms with E-state index >= 15 is 0 Å². The van der Waals surface area contributed by atoms with Crippen molar-refractivity contribution in [1.29, 1.82) is 0 Å². The van der Waals surface area contributed by atoms with Crippen molar-refractivity contribution in [3.63, 3.8) is 0 Å². The second-order valence-corrected chi connectivity index (χ2v) is 5.90. The van der Waals surface area contributed by atoms with E-state index in [1.54, 1.807) is 0 Å². The van der Waals surface area contributed by atoms with Gasteiger partial charge in [0.05, 0.1) is 9.26 Å². The van der Waals surface area contributed by atoms with Crippen LogP contribution in [0.5, 0.6) is 0 Å². The first-order valence-electron chi connectivity index (χ1n) is 5.84. The number of halogens is 1. The molecule has 1 aromatic rings. The highest BCUT2D eigenvalue weighted by Gasteiger charge is 2.22. The Labute approximate surface area is 109 Å². The minimum atomic E-state index is 0.0151. The highest BCUT2D eigenvalue weighted by molar-refractivity contribution is 14.1. The largest absolute Gasteiger partial charge is 0.309 e. The molecule has 1 aromatic heterocycles. The van der Waals surface area contributed by atoms with Crippen molar-refractivity contribution in [3.8, 4) is 0 Å². The number of hydrogen-bond donors (Lipinski definition) is 1. The number of hydrogen-bond acceptors (Lipinski definition) is 2. The quantitative estimate of drug-likeness (QED) is 0.804. The summed E-state index contributed by atoms with van der Waals surface area (Å²) in [6.45, 7) is 4.19. The minimum Gasteiger partial charge on any atom is -0.309 e. The van der Waals surface area contributed by atoms with Crippen molar-refractivity contribution in [1.82, 2.24) is 9.97 Å². The Morgan fingerprint density at radius 1 is 1.44 bits per heavy atom. The molecule has 0 bridgehead atoms. The van der Waals surface area contributed by atoms with Gasteiger partial charge in [-0.25, -0.2) is 4.98 Å². The van der Waals surface area contributed by atoms with Gasteiger partial charge in [-0.05, 0) is 48.3 Å². The average molecular weight is 332 g/mol. The summed E-state index contributed by atoms with van der Waals surface area (Å²) in [5.74, 6) is 2.10. The molecule has 0 amide bonds. The fourth-order valence-electron chi connectivity index (χ4n) is 2.47. The van der Waals surface area contributed by atoms with E-state index in [2.05, 4.69) is 39.5 Å². The number of aryl methyl sites for hydroxylation is 1. The third-order valence-corrected chi connectivity index (χ3v) is 4.64. The van der Waals surface area contributed by atoms with Crippen LogP contribution in [0.15, 0.2) is 4.79 Å². The maximum Gasteiger partial charge on any atom is 0.264 e. The van der Waals surface area contributed by atoms with Crippen LogP contribution >= 0.6 is 22.6 Å². The predicted molar refractivity (Wildman–Crippen MR) is 72.7 cm³/mol. The van der Waals surface area contributed by atoms with Gasteiger partial charge in [-0.2, -0.15) is 0 Å². The van der Waals surface area contributed by atoms with E-state index in [0.717, 1.165) is 30.3 Å². The van der Waals surface area contributed by atoms with Gasteiger partial charge in [0.25, 0.3) is 5.56 Å². The van der Waals surface area contributed by atoms with Crippen molar-refractivity contribution in [2.45, 2.75) is 45.4 Å². The number of H-pyrrole nitrogens is 1. The number of aromatic nitrogens is 2. The second-order valence-electron chi connectivity index (χ2n) is 4.82. The monoisotopic (exact) mass is 332 g/mol. The first kappa shape index (κ1) is 12.1. The third-order valence-electron chi connectivity index (χ3n) is 3.37. The summed E-state index contributed by atoms with van der Waals surface area (Å²) < 4.78 is 0.713. The maximum atomic E-state index is 11.7. The van der Waals surface area contributed by atoms with Crippen LogP contribution in [-0.4, -0.2) is 9.97 Å². The molecule has 0 spiro atoms. The van der Waals surface area contributed by atoms with Gasteiger partial charge in [0, 0.05) is 5.92 Å². The van der Waals surface area contributed by atoms with E-state index in [1.165, 1.54) is 12.8 Å². The van der Waals surface area contributed by atoms with Crippen molar-refractivity contribution in [2.75, 3.05) is 0 Å². The van der Waals surface area contributed by atoms with Crippen LogP contribution in [0.2, 0.25) is 0 Å². The van der Waals surface area contributed by atoms with Gasteiger partial charge in [-0.15, -0.1) is 0 Å². The summed E-state index contributed by atoms with van der Waals surface area (Å²) in [5.41, 5.74) is 0.874. The van der Waals surface area contributed by atoms with Crippen molar-refractivity contribution >= 4 is 22.6 Å². The maximum absolute atomic E-state index is 11.7. The summed E-state index contributed by atoms with van der Waals surface area (Å²) in [6, 6.07) is 0. The Kier molecular flexibility index (Phi) is 3.66. The normalized spacial score (nSPS) is 25.7. The molecule has 1 fully saturated rings. The summed E-state index contributed by atoms with van der Waals surface area (Å²) in [7, 11) is 0. The molecule has 88 valence electrons. The van der Waals surface area contributed by atoms with Crippen molar-refractivity contribution in [2.24, 2.45) is 5.92 Å². The van der Waals surface area contributed by atoms with Crippen LogP contribution in [0.25, 0.3) is 0 Å². The van der Waals surface area contributed by atoms with E-state index in [1.807, 2.05) is 6.92 Å². The standard InChI is InChI=1S/C12H17IN2O/c1-7-4-3-5-9(6-7)11-14-8(2)10(13)12(16)15-11/h7,9H,3-6H2,1-2H3,(H,14,15,16). The average Bonchev–Trinajstić information content (AvgIpc) is 2.25. The van der Waals surface area contributed by atoms with Crippen LogP contribution in [0.1, 0.15) is 50.0 Å². The fourth-order valence-corrected chi connectivity index (χ4v) is 2.72. The van der Waals surface area contributed by atoms with Crippen LogP contribution in [0.4, 0.5) is 0 Å². The first-order valence-corrected chi connectivity index (χ1v) is 6.92. The number of nitrogens with one attached hydrogen (secondary N) is 1. The molecule has 2 atom stereocenters. The van der Waals surface area contributed by atoms with E-state index < -0.39 is 0 Å². The van der Waals surface area contributed by atoms with E-state index in [-0.39, 0.29) is 5.56 Å². The zero-order valence-electron chi connectivity index (χ0n) is 9.72. The lowest BCUT2D eigenvalue weighted by molar-refractivity contribution is 0.334. The molecular weight excluding hydrogens is 315 g/mol. The molecule has 1 aliphatic rings. The highest BCUT2D eigenvalue weighted by atomic mass is 127. The molecular formula is C12H17IN2O. The summed E-state index contributed by atoms with van der Waals surface area (Å²) >= 11 is 2.05. The van der Waals surface area contributed by atoms with Gasteiger partial charge in [-0.1, -0.05) is 19.8 Å². The zero-order chi connectivity index (χ0) is 11.7. The molecule has 1 heterocycles. The molecule has 1 saturated carbocycles. The van der Waals surface area contributed by atoms with Gasteiger partial charge < -0.3 is 4.98 Å². The van der Waals surface area contributed by atoms with Gasteiger partial charge in [0.15, 0.2) is 0 Å². The Balaban J connectivity index is 2.30. The summed E-state index contributed by atoms with van der Waals surface area (Å²) in [4.78, 5) is 19.1. The van der Waals surface area contributed by atoms with E-state index in [4.69, 9.17) is 0 Å². The molecule has 2 rings (SSSR count). The topological polar surface area (TPSA) is 45.8 Å². The lowest BCUT2D eigenvalue weighted by Gasteiger charge is -2.26. The molecule has 4 heteroatoms. The lowest BCUT2D eigenvalue weighted by Crippen LogP contribution is -2.21. The summed E-state index contributed by atoms with van der Waals surface area (Å²) in [5, 5.41) is 0. The molecule has 16 heavy (non-hydrogen) atoms. The molecule has 0 saturated heterocycles. The van der Waals surface area contributed by atoms with Crippen LogP contribution in [-0.2, 0) is 0 Å². The molecule has 0 radical (unpaired) electrons. The molecule has 0 aliphatic heterocycles. The SMILES string of the molecule is Cc1nc(C2CCCC(C)C2)[nH]c(=O)c1I. The molecule has 1 aliphatic carbocycles. The van der Waals surface area contributed by atoms with Crippen molar-refractivity contribution in [3.05, 3.63) is 25.4 Å². The third kappa shape index (κ3) is 2.47. The van der Waals surface area contributed by atoms with Crippen LogP contribution in [0.3, 0.4) is 0 Å². The minimum absolute atomic E-state index is 0.0151. The van der Waals surface area contributed by atoms with Crippen LogP contribution in [0, 0.1) is 16.4 Å². The van der Waals surface area contributed by atoms with Gasteiger partial charge in [0.2, 0.25) is 0 Å². The molecule has 1 N–H and O–H groups in total. The second kappa shape index (κ2) is 4.85. The zero-order valence-corrected chi connectivity index (χ0v) is 11.9. The lowest BCUT2D eigenvalue weighted by atomic mass is 9.82. The van der Waals surface area contributed by atoms with Gasteiger partial charge in [0.1, 0.15) is 5.82 Å². The van der Waals surface area contributed by atoms with Crippen LogP contribution < -0.4 is 5.56 Å². The molecule has 3 nitrogen and oxygen atoms in total. The smallest absolute Gasteiger partial charge is 0.264 e.